The lowest BCUT2D eigenvalue weighted by molar-refractivity contribution is -0.0498. The fourth-order valence-electron chi connectivity index (χ4n) is 2.11. The fraction of sp³-hybridized carbons (Fsp3) is 0.562. The Hall–Kier alpha value is -1.89. The first kappa shape index (κ1) is 19.2. The Morgan fingerprint density at radius 2 is 1.83 bits per heavy atom. The molecule has 2 amide bonds. The van der Waals surface area contributed by atoms with Crippen molar-refractivity contribution in [3.8, 4) is 5.75 Å². The SMILES string of the molecule is CC(C)CC(O)CNC(=O)NC(C)c1ccc(OC(F)F)cc1. The highest BCUT2D eigenvalue weighted by Gasteiger charge is 2.12. The van der Waals surface area contributed by atoms with E-state index in [4.69, 9.17) is 0 Å². The molecule has 0 fully saturated rings. The molecule has 3 N–H and O–H groups in total. The minimum absolute atomic E-state index is 0.0669. The molecule has 23 heavy (non-hydrogen) atoms. The Morgan fingerprint density at radius 3 is 2.35 bits per heavy atom. The van der Waals surface area contributed by atoms with Gasteiger partial charge in [-0.3, -0.25) is 0 Å². The molecule has 0 aromatic heterocycles. The van der Waals surface area contributed by atoms with Gasteiger partial charge >= 0.3 is 12.6 Å². The molecule has 0 radical (unpaired) electrons. The van der Waals surface area contributed by atoms with Gasteiger partial charge in [0.05, 0.1) is 12.1 Å². The van der Waals surface area contributed by atoms with E-state index in [2.05, 4.69) is 15.4 Å². The summed E-state index contributed by atoms with van der Waals surface area (Å²) in [6.07, 6.45) is 0.0309. The summed E-state index contributed by atoms with van der Waals surface area (Å²) < 4.78 is 28.4. The van der Waals surface area contributed by atoms with Crippen molar-refractivity contribution in [1.82, 2.24) is 10.6 Å². The number of aliphatic hydroxyl groups is 1. The van der Waals surface area contributed by atoms with Crippen molar-refractivity contribution in [1.29, 1.82) is 0 Å². The number of carbonyl (C=O) groups is 1. The van der Waals surface area contributed by atoms with E-state index in [9.17, 15) is 18.7 Å². The van der Waals surface area contributed by atoms with Gasteiger partial charge in [-0.2, -0.15) is 8.78 Å². The van der Waals surface area contributed by atoms with Crippen LogP contribution in [0.25, 0.3) is 0 Å². The summed E-state index contributed by atoms with van der Waals surface area (Å²) in [4.78, 5) is 11.8. The van der Waals surface area contributed by atoms with E-state index in [1.165, 1.54) is 12.1 Å². The number of urea groups is 1. The van der Waals surface area contributed by atoms with Gasteiger partial charge in [0.2, 0.25) is 0 Å². The second-order valence-corrected chi connectivity index (χ2v) is 5.81. The second kappa shape index (κ2) is 9.29. The zero-order valence-corrected chi connectivity index (χ0v) is 13.6. The van der Waals surface area contributed by atoms with Crippen molar-refractivity contribution in [2.24, 2.45) is 5.92 Å². The van der Waals surface area contributed by atoms with Crippen LogP contribution >= 0.6 is 0 Å². The number of halogens is 2. The number of benzene rings is 1. The Bertz CT molecular complexity index is 481. The summed E-state index contributed by atoms with van der Waals surface area (Å²) in [5, 5.41) is 15.0. The molecular weight excluding hydrogens is 306 g/mol. The number of ether oxygens (including phenoxy) is 1. The van der Waals surface area contributed by atoms with Gasteiger partial charge < -0.3 is 20.5 Å². The first-order valence-corrected chi connectivity index (χ1v) is 7.55. The molecule has 2 unspecified atom stereocenters. The molecule has 0 aliphatic carbocycles. The van der Waals surface area contributed by atoms with Crippen molar-refractivity contribution in [2.45, 2.75) is 45.9 Å². The fourth-order valence-corrected chi connectivity index (χ4v) is 2.11. The van der Waals surface area contributed by atoms with Gasteiger partial charge in [0, 0.05) is 6.54 Å². The maximum absolute atomic E-state index is 12.1. The number of carbonyl (C=O) groups excluding carboxylic acids is 1. The summed E-state index contributed by atoms with van der Waals surface area (Å²) in [7, 11) is 0. The van der Waals surface area contributed by atoms with Crippen LogP contribution in [-0.4, -0.2) is 30.4 Å². The molecule has 2 atom stereocenters. The van der Waals surface area contributed by atoms with Crippen molar-refractivity contribution >= 4 is 6.03 Å². The van der Waals surface area contributed by atoms with Crippen molar-refractivity contribution in [3.05, 3.63) is 29.8 Å². The van der Waals surface area contributed by atoms with Crippen LogP contribution in [0.1, 0.15) is 38.8 Å². The van der Waals surface area contributed by atoms with Crippen LogP contribution in [-0.2, 0) is 0 Å². The molecule has 0 heterocycles. The van der Waals surface area contributed by atoms with E-state index in [1.807, 2.05) is 13.8 Å². The largest absolute Gasteiger partial charge is 0.435 e. The monoisotopic (exact) mass is 330 g/mol. The highest BCUT2D eigenvalue weighted by molar-refractivity contribution is 5.74. The summed E-state index contributed by atoms with van der Waals surface area (Å²) in [5.41, 5.74) is 0.754. The lowest BCUT2D eigenvalue weighted by Crippen LogP contribution is -2.41. The molecule has 0 saturated heterocycles. The first-order chi connectivity index (χ1) is 10.8. The molecule has 0 aliphatic heterocycles. The molecule has 0 aliphatic rings. The molecule has 0 spiro atoms. The zero-order valence-electron chi connectivity index (χ0n) is 13.6. The first-order valence-electron chi connectivity index (χ1n) is 7.55. The van der Waals surface area contributed by atoms with Gasteiger partial charge in [-0.25, -0.2) is 4.79 Å². The number of nitrogens with one attached hydrogen (secondary N) is 2. The Morgan fingerprint density at radius 1 is 1.22 bits per heavy atom. The molecular formula is C16H24F2N2O3. The molecule has 1 rings (SSSR count). The van der Waals surface area contributed by atoms with E-state index in [0.717, 1.165) is 5.56 Å². The number of hydrogen-bond acceptors (Lipinski definition) is 3. The number of hydrogen-bond donors (Lipinski definition) is 3. The average Bonchev–Trinajstić information content (AvgIpc) is 2.44. The molecule has 1 aromatic rings. The Balaban J connectivity index is 2.42. The summed E-state index contributed by atoms with van der Waals surface area (Å²) in [6.45, 7) is 3.07. The van der Waals surface area contributed by atoms with Crippen LogP contribution in [0.15, 0.2) is 24.3 Å². The summed E-state index contributed by atoms with van der Waals surface area (Å²) >= 11 is 0. The number of alkyl halides is 2. The normalized spacial score (nSPS) is 13.7. The quantitative estimate of drug-likeness (QED) is 0.686. The standard InChI is InChI=1S/C16H24F2N2O3/c1-10(2)8-13(21)9-19-16(22)20-11(3)12-4-6-14(7-5-12)23-15(17)18/h4-7,10-11,13,15,21H,8-9H2,1-3H3,(H2,19,20,22). The van der Waals surface area contributed by atoms with Gasteiger partial charge in [-0.1, -0.05) is 26.0 Å². The van der Waals surface area contributed by atoms with Crippen molar-refractivity contribution in [3.63, 3.8) is 0 Å². The molecule has 7 heteroatoms. The predicted molar refractivity (Wildman–Crippen MR) is 83.5 cm³/mol. The molecule has 1 aromatic carbocycles. The smallest absolute Gasteiger partial charge is 0.387 e. The van der Waals surface area contributed by atoms with E-state index in [-0.39, 0.29) is 18.3 Å². The average molecular weight is 330 g/mol. The lowest BCUT2D eigenvalue weighted by atomic mass is 10.1. The maximum atomic E-state index is 12.1. The number of aliphatic hydroxyl groups excluding tert-OH is 1. The van der Waals surface area contributed by atoms with Gasteiger partial charge in [0.1, 0.15) is 5.75 Å². The van der Waals surface area contributed by atoms with Gasteiger partial charge in [-0.05, 0) is 37.0 Å². The second-order valence-electron chi connectivity index (χ2n) is 5.81. The molecule has 0 bridgehead atoms. The van der Waals surface area contributed by atoms with Crippen LogP contribution in [0.3, 0.4) is 0 Å². The van der Waals surface area contributed by atoms with Gasteiger partial charge in [0.25, 0.3) is 0 Å². The van der Waals surface area contributed by atoms with E-state index >= 15 is 0 Å². The zero-order chi connectivity index (χ0) is 17.4. The Labute approximate surface area is 135 Å². The third-order valence-electron chi connectivity index (χ3n) is 3.19. The number of rotatable bonds is 8. The lowest BCUT2D eigenvalue weighted by Gasteiger charge is -2.18. The predicted octanol–water partition coefficient (Wildman–Crippen LogP) is 3.06. The van der Waals surface area contributed by atoms with Crippen LogP contribution in [0.4, 0.5) is 13.6 Å². The Kier molecular flexibility index (Phi) is 7.74. The summed E-state index contributed by atoms with van der Waals surface area (Å²) in [6, 6.07) is 5.35. The third kappa shape index (κ3) is 7.78. The van der Waals surface area contributed by atoms with Crippen molar-refractivity contribution in [2.75, 3.05) is 6.54 Å². The molecule has 0 saturated carbocycles. The number of amides is 2. The van der Waals surface area contributed by atoms with Crippen molar-refractivity contribution < 1.29 is 23.4 Å². The third-order valence-corrected chi connectivity index (χ3v) is 3.19. The molecule has 5 nitrogen and oxygen atoms in total. The van der Waals surface area contributed by atoms with Crippen LogP contribution in [0.2, 0.25) is 0 Å². The van der Waals surface area contributed by atoms with Crippen LogP contribution in [0.5, 0.6) is 5.75 Å². The minimum Gasteiger partial charge on any atom is -0.435 e. The van der Waals surface area contributed by atoms with Gasteiger partial charge in [0.15, 0.2) is 0 Å². The van der Waals surface area contributed by atoms with E-state index in [1.54, 1.807) is 19.1 Å². The maximum Gasteiger partial charge on any atom is 0.387 e. The molecule has 130 valence electrons. The summed E-state index contributed by atoms with van der Waals surface area (Å²) in [5.74, 6) is 0.417. The van der Waals surface area contributed by atoms with Crippen LogP contribution < -0.4 is 15.4 Å². The van der Waals surface area contributed by atoms with E-state index in [0.29, 0.717) is 12.3 Å². The highest BCUT2D eigenvalue weighted by atomic mass is 19.3. The highest BCUT2D eigenvalue weighted by Crippen LogP contribution is 2.19. The van der Waals surface area contributed by atoms with Gasteiger partial charge in [-0.15, -0.1) is 0 Å². The minimum atomic E-state index is -2.86. The topological polar surface area (TPSA) is 70.6 Å². The van der Waals surface area contributed by atoms with E-state index < -0.39 is 18.7 Å². The van der Waals surface area contributed by atoms with Crippen LogP contribution in [0, 0.1) is 5.92 Å².